The number of carbonyl (C=O) groups excluding carboxylic acids is 1. The number of aryl methyl sites for hydroxylation is 2. The van der Waals surface area contributed by atoms with Gasteiger partial charge in [0.05, 0.1) is 24.2 Å². The number of anilines is 3. The Hall–Kier alpha value is -3.16. The van der Waals surface area contributed by atoms with Gasteiger partial charge in [-0.25, -0.2) is 9.78 Å². The van der Waals surface area contributed by atoms with Crippen molar-refractivity contribution in [1.29, 1.82) is 5.26 Å². The fourth-order valence-electron chi connectivity index (χ4n) is 4.83. The van der Waals surface area contributed by atoms with Gasteiger partial charge in [-0.05, 0) is 56.8 Å². The summed E-state index contributed by atoms with van der Waals surface area (Å²) in [6.45, 7) is 11.1. The maximum absolute atomic E-state index is 12.9. The summed E-state index contributed by atoms with van der Waals surface area (Å²) in [5.41, 5.74) is 3.37. The van der Waals surface area contributed by atoms with E-state index in [4.69, 9.17) is 19.0 Å². The summed E-state index contributed by atoms with van der Waals surface area (Å²) in [6, 6.07) is 6.16. The van der Waals surface area contributed by atoms with Crippen LogP contribution in [0.4, 0.5) is 17.5 Å². The van der Waals surface area contributed by atoms with E-state index >= 15 is 0 Å². The second-order valence-electron chi connectivity index (χ2n) is 10.7. The molecule has 1 aromatic carbocycles. The summed E-state index contributed by atoms with van der Waals surface area (Å²) >= 11 is 0. The summed E-state index contributed by atoms with van der Waals surface area (Å²) in [4.78, 5) is 22.1. The fourth-order valence-corrected chi connectivity index (χ4v) is 4.83. The van der Waals surface area contributed by atoms with Crippen LogP contribution < -0.4 is 16.1 Å². The predicted octanol–water partition coefficient (Wildman–Crippen LogP) is 4.28. The second kappa shape index (κ2) is 11.5. The van der Waals surface area contributed by atoms with E-state index in [-0.39, 0.29) is 24.0 Å². The van der Waals surface area contributed by atoms with Crippen LogP contribution in [0.5, 0.6) is 0 Å². The zero-order chi connectivity index (χ0) is 26.6. The summed E-state index contributed by atoms with van der Waals surface area (Å²) in [6.07, 6.45) is 5.77. The number of benzene rings is 1. The molecule has 0 bridgehead atoms. The van der Waals surface area contributed by atoms with Gasteiger partial charge in [-0.2, -0.15) is 10.2 Å². The molecule has 0 unspecified atom stereocenters. The van der Waals surface area contributed by atoms with E-state index in [9.17, 15) is 10.1 Å². The summed E-state index contributed by atoms with van der Waals surface area (Å²) in [7, 11) is -0.642. The highest BCUT2D eigenvalue weighted by molar-refractivity contribution is 6.63. The van der Waals surface area contributed by atoms with Crippen LogP contribution in [-0.4, -0.2) is 48.9 Å². The first kappa shape index (κ1) is 26.9. The van der Waals surface area contributed by atoms with Gasteiger partial charge in [-0.1, -0.05) is 26.7 Å². The molecule has 2 atom stereocenters. The van der Waals surface area contributed by atoms with Gasteiger partial charge in [0.1, 0.15) is 5.82 Å². The summed E-state index contributed by atoms with van der Waals surface area (Å²) < 4.78 is 17.4. The van der Waals surface area contributed by atoms with Crippen molar-refractivity contribution in [3.63, 3.8) is 0 Å². The minimum atomic E-state index is -0.642. The molecule has 1 aromatic heterocycles. The number of hydrogen-bond donors (Lipinski definition) is 2. The predicted molar refractivity (Wildman–Crippen MR) is 143 cm³/mol. The van der Waals surface area contributed by atoms with E-state index in [1.54, 1.807) is 19.2 Å². The van der Waals surface area contributed by atoms with Gasteiger partial charge in [0, 0.05) is 42.1 Å². The lowest BCUT2D eigenvalue weighted by molar-refractivity contribution is 0.0338. The second-order valence-corrected chi connectivity index (χ2v) is 10.7. The van der Waals surface area contributed by atoms with Crippen LogP contribution in [0, 0.1) is 36.5 Å². The SMILES string of the molecule is CCOC(=O)c1cc(Nc2ncc(C)c(N[C@@H]3CCCC[C@H]3C#N)n2)cc(C)c1B1OCC(C)(C)CO1. The van der Waals surface area contributed by atoms with Crippen molar-refractivity contribution >= 4 is 36.0 Å². The number of esters is 1. The Morgan fingerprint density at radius 3 is 2.65 bits per heavy atom. The number of rotatable bonds is 7. The highest BCUT2D eigenvalue weighted by Gasteiger charge is 2.37. The standard InChI is InChI=1S/C27H36BN5O4/c1-6-35-25(34)21-12-20(11-17(2)23(21)28-36-15-27(4,5)16-37-28)31-26-30-14-18(3)24(33-26)32-22-10-8-7-9-19(22)13-29/h11-12,14,19,22H,6-10,15-16H2,1-5H3,(H2,30,31,32,33)/t19-,22+/m0/s1. The maximum atomic E-state index is 12.9. The average molecular weight is 505 g/mol. The molecule has 2 aliphatic rings. The zero-order valence-corrected chi connectivity index (χ0v) is 22.4. The molecule has 0 radical (unpaired) electrons. The lowest BCUT2D eigenvalue weighted by Gasteiger charge is -2.34. The zero-order valence-electron chi connectivity index (χ0n) is 22.4. The van der Waals surface area contributed by atoms with E-state index < -0.39 is 13.1 Å². The molecular formula is C27H36BN5O4. The molecule has 1 aliphatic carbocycles. The van der Waals surface area contributed by atoms with Crippen LogP contribution in [-0.2, 0) is 14.0 Å². The first-order valence-corrected chi connectivity index (χ1v) is 13.0. The Morgan fingerprint density at radius 2 is 1.95 bits per heavy atom. The lowest BCUT2D eigenvalue weighted by Crippen LogP contribution is -2.50. The third-order valence-electron chi connectivity index (χ3n) is 6.85. The topological polar surface area (TPSA) is 118 Å². The highest BCUT2D eigenvalue weighted by atomic mass is 16.6. The summed E-state index contributed by atoms with van der Waals surface area (Å²) in [5, 5.41) is 16.3. The molecule has 4 rings (SSSR count). The van der Waals surface area contributed by atoms with Gasteiger partial charge in [0.25, 0.3) is 0 Å². The number of carbonyl (C=O) groups is 1. The van der Waals surface area contributed by atoms with Gasteiger partial charge >= 0.3 is 13.1 Å². The number of nitrogens with one attached hydrogen (secondary N) is 2. The van der Waals surface area contributed by atoms with E-state index in [0.717, 1.165) is 36.8 Å². The van der Waals surface area contributed by atoms with Gasteiger partial charge in [0.2, 0.25) is 5.95 Å². The largest absolute Gasteiger partial charge is 0.495 e. The molecule has 10 heteroatoms. The molecule has 2 N–H and O–H groups in total. The van der Waals surface area contributed by atoms with Crippen molar-refractivity contribution in [2.24, 2.45) is 11.3 Å². The van der Waals surface area contributed by atoms with Crippen molar-refractivity contribution in [2.75, 3.05) is 30.5 Å². The average Bonchev–Trinajstić information content (AvgIpc) is 2.86. The van der Waals surface area contributed by atoms with E-state index in [1.165, 1.54) is 0 Å². The van der Waals surface area contributed by atoms with Crippen molar-refractivity contribution < 1.29 is 18.8 Å². The van der Waals surface area contributed by atoms with E-state index in [2.05, 4.69) is 35.5 Å². The van der Waals surface area contributed by atoms with Crippen LogP contribution in [0.1, 0.15) is 67.9 Å². The Balaban J connectivity index is 1.60. The van der Waals surface area contributed by atoms with Gasteiger partial charge in [-0.3, -0.25) is 0 Å². The first-order chi connectivity index (χ1) is 17.7. The number of aromatic nitrogens is 2. The first-order valence-electron chi connectivity index (χ1n) is 13.0. The summed E-state index contributed by atoms with van der Waals surface area (Å²) in [5.74, 6) is 0.631. The van der Waals surface area contributed by atoms with E-state index in [0.29, 0.717) is 41.7 Å². The van der Waals surface area contributed by atoms with Crippen molar-refractivity contribution in [1.82, 2.24) is 9.97 Å². The van der Waals surface area contributed by atoms with Crippen molar-refractivity contribution in [3.8, 4) is 6.07 Å². The molecule has 2 fully saturated rings. The highest BCUT2D eigenvalue weighted by Crippen LogP contribution is 2.28. The quantitative estimate of drug-likeness (QED) is 0.420. The number of ether oxygens (including phenoxy) is 1. The minimum absolute atomic E-state index is 0.0309. The van der Waals surface area contributed by atoms with Crippen molar-refractivity contribution in [2.45, 2.75) is 66.3 Å². The fraction of sp³-hybridized carbons (Fsp3) is 0.556. The molecule has 196 valence electrons. The molecule has 1 saturated carbocycles. The molecule has 37 heavy (non-hydrogen) atoms. The Bertz CT molecular complexity index is 1170. The number of hydrogen-bond acceptors (Lipinski definition) is 9. The molecule has 2 aromatic rings. The molecule has 0 spiro atoms. The molecular weight excluding hydrogens is 469 g/mol. The molecule has 0 amide bonds. The Kier molecular flexibility index (Phi) is 8.35. The van der Waals surface area contributed by atoms with Crippen molar-refractivity contribution in [3.05, 3.63) is 35.0 Å². The van der Waals surface area contributed by atoms with Gasteiger partial charge < -0.3 is 24.7 Å². The van der Waals surface area contributed by atoms with Crippen LogP contribution >= 0.6 is 0 Å². The molecule has 1 aliphatic heterocycles. The van der Waals surface area contributed by atoms with Crippen LogP contribution in [0.2, 0.25) is 0 Å². The smallest absolute Gasteiger partial charge is 0.462 e. The number of nitrogens with zero attached hydrogens (tertiary/aromatic N) is 3. The van der Waals surface area contributed by atoms with E-state index in [1.807, 2.05) is 19.9 Å². The monoisotopic (exact) mass is 505 g/mol. The maximum Gasteiger partial charge on any atom is 0.495 e. The van der Waals surface area contributed by atoms with Crippen LogP contribution in [0.25, 0.3) is 0 Å². The normalized spacial score (nSPS) is 21.1. The van der Waals surface area contributed by atoms with Gasteiger partial charge in [-0.15, -0.1) is 0 Å². The Labute approximate surface area is 219 Å². The Morgan fingerprint density at radius 1 is 1.22 bits per heavy atom. The third-order valence-corrected chi connectivity index (χ3v) is 6.85. The van der Waals surface area contributed by atoms with Gasteiger partial charge in [0.15, 0.2) is 0 Å². The van der Waals surface area contributed by atoms with Crippen LogP contribution in [0.3, 0.4) is 0 Å². The minimum Gasteiger partial charge on any atom is -0.462 e. The molecule has 2 heterocycles. The number of nitriles is 1. The molecule has 9 nitrogen and oxygen atoms in total. The third kappa shape index (κ3) is 6.41. The lowest BCUT2D eigenvalue weighted by atomic mass is 9.71. The van der Waals surface area contributed by atoms with Crippen LogP contribution in [0.15, 0.2) is 18.3 Å². The molecule has 1 saturated heterocycles.